The second kappa shape index (κ2) is 45.7. The minimum atomic E-state index is -0.313. The zero-order chi connectivity index (χ0) is 99.3. The maximum absolute atomic E-state index is 13.7. The fourth-order valence-corrected chi connectivity index (χ4v) is 33.8. The van der Waals surface area contributed by atoms with Gasteiger partial charge in [0, 0.05) is 108 Å². The van der Waals surface area contributed by atoms with Crippen molar-refractivity contribution >= 4 is 203 Å². The van der Waals surface area contributed by atoms with E-state index in [-0.39, 0.29) is 40.7 Å². The summed E-state index contributed by atoms with van der Waals surface area (Å²) in [6, 6.07) is 135. The van der Waals surface area contributed by atoms with E-state index in [4.69, 9.17) is 23.7 Å². The smallest absolute Gasteiger partial charge is 0.344 e. The van der Waals surface area contributed by atoms with Crippen LogP contribution in [0.3, 0.4) is 0 Å². The Morgan fingerprint density at radius 2 is 0.374 bits per heavy atom. The first-order valence-corrected chi connectivity index (χ1v) is 59.2. The molecule has 5 aliphatic rings. The highest BCUT2D eigenvalue weighted by atomic mass is 32.2. The quantitative estimate of drug-likeness (QED) is 0.0423. The molecule has 0 aromatic heterocycles. The highest BCUT2D eigenvalue weighted by Crippen LogP contribution is 2.44. The molecule has 726 valence electrons. The average molecular weight is 2020 g/mol. The Labute approximate surface area is 871 Å². The van der Waals surface area contributed by atoms with E-state index < -0.39 is 0 Å². The van der Waals surface area contributed by atoms with E-state index in [1.165, 1.54) is 192 Å². The van der Waals surface area contributed by atoms with Crippen molar-refractivity contribution in [1.29, 1.82) is 0 Å². The molecule has 26 rings (SSSR count). The minimum Gasteiger partial charge on any atom is -0.422 e. The lowest BCUT2D eigenvalue weighted by atomic mass is 9.97. The summed E-state index contributed by atoms with van der Waals surface area (Å²) in [5.74, 6) is 14.4. The second-order valence-corrected chi connectivity index (χ2v) is 49.2. The van der Waals surface area contributed by atoms with Gasteiger partial charge < -0.3 is 23.7 Å². The van der Waals surface area contributed by atoms with Crippen molar-refractivity contribution in [2.45, 2.75) is 108 Å². The summed E-state index contributed by atoms with van der Waals surface area (Å²) in [7, 11) is 1.53. The number of esters is 5. The normalized spacial score (nSPS) is 14.7. The Kier molecular flexibility index (Phi) is 30.3. The first kappa shape index (κ1) is 97.3. The molecule has 0 saturated carbocycles. The van der Waals surface area contributed by atoms with Gasteiger partial charge in [-0.1, -0.05) is 273 Å². The fourth-order valence-electron chi connectivity index (χ4n) is 21.3. The molecule has 0 unspecified atom stereocenters. The molecule has 0 N–H and O–H groups in total. The zero-order valence-electron chi connectivity index (χ0n) is 82.1. The van der Waals surface area contributed by atoms with Crippen molar-refractivity contribution in [3.63, 3.8) is 0 Å². The average Bonchev–Trinajstić information content (AvgIpc) is 0.953. The molecule has 10 nitrogen and oxygen atoms in total. The van der Waals surface area contributed by atoms with E-state index in [9.17, 15) is 24.0 Å². The fraction of sp³-hybridized carbons (Fsp3) is 0.174. The third-order valence-corrected chi connectivity index (χ3v) is 41.4. The number of benzene rings is 21. The van der Waals surface area contributed by atoms with Crippen LogP contribution in [0.2, 0.25) is 0 Å². The van der Waals surface area contributed by atoms with Gasteiger partial charge in [0.25, 0.3) is 0 Å². The maximum Gasteiger partial charge on any atom is 0.344 e. The van der Waals surface area contributed by atoms with E-state index in [1.807, 2.05) is 279 Å². The van der Waals surface area contributed by atoms with Crippen molar-refractivity contribution in [3.8, 4) is 28.7 Å². The zero-order valence-corrected chi connectivity index (χ0v) is 86.2. The molecule has 5 aliphatic heterocycles. The summed E-state index contributed by atoms with van der Waals surface area (Å²) < 4.78 is 29.7. The third-order valence-electron chi connectivity index (χ3n) is 28.7. The maximum atomic E-state index is 13.7. The first-order valence-electron chi connectivity index (χ1n) is 51.4. The summed E-state index contributed by atoms with van der Waals surface area (Å²) in [6.45, 7) is 0. The molecule has 0 amide bonds. The van der Waals surface area contributed by atoms with Crippen LogP contribution in [0, 0.1) is 0 Å². The summed E-state index contributed by atoms with van der Waals surface area (Å²) >= 11 is 0. The topological polar surface area (TPSA) is 132 Å². The molecule has 0 aliphatic carbocycles. The molecule has 21 aromatic rings. The molecular formula is C132H113O10S5+5. The molecule has 147 heavy (non-hydrogen) atoms. The Morgan fingerprint density at radius 1 is 0.156 bits per heavy atom. The van der Waals surface area contributed by atoms with E-state index in [0.717, 1.165) is 91.6 Å². The van der Waals surface area contributed by atoms with Gasteiger partial charge in [0.05, 0.1) is 27.8 Å². The van der Waals surface area contributed by atoms with Crippen LogP contribution in [-0.2, 0) is 54.5 Å². The van der Waals surface area contributed by atoms with Gasteiger partial charge in [0.15, 0.2) is 24.5 Å². The molecular weight excluding hydrogens is 1910 g/mol. The third kappa shape index (κ3) is 21.6. The Morgan fingerprint density at radius 3 is 0.667 bits per heavy atom. The van der Waals surface area contributed by atoms with Gasteiger partial charge in [0.2, 0.25) is 0 Å². The van der Waals surface area contributed by atoms with E-state index in [0.29, 0.717) is 100 Å². The minimum absolute atomic E-state index is 0.283. The number of carbonyl (C=O) groups excluding carboxylic acids is 5. The van der Waals surface area contributed by atoms with Gasteiger partial charge in [-0.05, 0) is 282 Å². The van der Waals surface area contributed by atoms with Gasteiger partial charge in [-0.15, -0.1) is 0 Å². The predicted molar refractivity (Wildman–Crippen MR) is 619 cm³/mol. The number of rotatable bonds is 15. The van der Waals surface area contributed by atoms with E-state index in [1.54, 1.807) is 0 Å². The van der Waals surface area contributed by atoms with Crippen LogP contribution in [0.5, 0.6) is 28.7 Å². The molecule has 5 fully saturated rings. The van der Waals surface area contributed by atoms with Crippen molar-refractivity contribution < 1.29 is 47.7 Å². The lowest BCUT2D eigenvalue weighted by molar-refractivity contribution is 0.0727. The van der Waals surface area contributed by atoms with Crippen LogP contribution < -0.4 is 23.7 Å². The Bertz CT molecular complexity index is 8450. The highest BCUT2D eigenvalue weighted by molar-refractivity contribution is 7.98. The molecule has 0 radical (unpaired) electrons. The van der Waals surface area contributed by atoms with Crippen molar-refractivity contribution in [1.82, 2.24) is 0 Å². The molecule has 0 bridgehead atoms. The summed E-state index contributed by atoms with van der Waals surface area (Å²) in [4.78, 5) is 72.5. The second-order valence-electron chi connectivity index (χ2n) is 38.0. The number of ether oxygens (including phenoxy) is 5. The largest absolute Gasteiger partial charge is 0.422 e. The van der Waals surface area contributed by atoms with Crippen LogP contribution in [0.25, 0.3) is 118 Å². The molecule has 15 heteroatoms. The Balaban J connectivity index is 0.000000104. The van der Waals surface area contributed by atoms with Crippen molar-refractivity contribution in [3.05, 3.63) is 434 Å². The SMILES string of the molecule is O=C(Oc1ccc([S+]2CCCC2)c2ccccc12)c1ccc2ccccc2c1.O=C(Oc1ccc([S+]2CCCC2)c2ccccc12)c1cccc2ccccc12.O=C(Oc1ccc([S+]2CCCCC2)c2ccccc12)c1c2ccccc2cc2ccccc12.O=C(Oc1ccc([S+]2CCCCC2)c2ccccc12)c1ccc2ccccc2c1.O=C(Oc1ccc([S+]2CCCCC2)c2ccccc12)c1cccc2ccccc12. The molecule has 5 saturated heterocycles. The number of hydrogen-bond acceptors (Lipinski definition) is 10. The lowest BCUT2D eigenvalue weighted by Crippen LogP contribution is -2.18. The van der Waals surface area contributed by atoms with Gasteiger partial charge in [-0.3, -0.25) is 0 Å². The number of fused-ring (bicyclic) bond motifs is 11. The van der Waals surface area contributed by atoms with Crippen LogP contribution >= 0.6 is 0 Å². The van der Waals surface area contributed by atoms with Crippen LogP contribution in [0.4, 0.5) is 0 Å². The van der Waals surface area contributed by atoms with Crippen LogP contribution in [0.15, 0.2) is 431 Å². The van der Waals surface area contributed by atoms with Crippen molar-refractivity contribution in [2.75, 3.05) is 57.5 Å². The van der Waals surface area contributed by atoms with Gasteiger partial charge in [-0.25, -0.2) is 24.0 Å². The monoisotopic (exact) mass is 2020 g/mol. The summed E-state index contributed by atoms with van der Waals surface area (Å²) in [5.41, 5.74) is 2.98. The van der Waals surface area contributed by atoms with Gasteiger partial charge in [0.1, 0.15) is 86.3 Å². The molecule has 21 aromatic carbocycles. The molecule has 5 heterocycles. The lowest BCUT2D eigenvalue weighted by Gasteiger charge is -2.16. The number of carbonyl (C=O) groups is 5. The number of hydrogen-bond donors (Lipinski definition) is 0. The molecule has 0 atom stereocenters. The predicted octanol–water partition coefficient (Wildman–Crippen LogP) is 32.2. The van der Waals surface area contributed by atoms with E-state index >= 15 is 0 Å². The van der Waals surface area contributed by atoms with Gasteiger partial charge >= 0.3 is 29.8 Å². The van der Waals surface area contributed by atoms with Crippen LogP contribution in [0.1, 0.15) is 135 Å². The highest BCUT2D eigenvalue weighted by Gasteiger charge is 2.36. The molecule has 0 spiro atoms. The van der Waals surface area contributed by atoms with Crippen molar-refractivity contribution in [2.24, 2.45) is 0 Å². The summed E-state index contributed by atoms with van der Waals surface area (Å²) in [6.07, 6.45) is 17.2. The standard InChI is InChI=1S/C30H25O2S.2C26H23O2S.2C25H21O2S/c31-30(29-23-12-4-2-10-21(23)20-22-11-3-5-13-24(22)29)32-27-16-17-28(33-18-8-1-9-19-33)26-15-7-6-14-25(26)27;27-26(23-14-8-10-19-9-2-3-11-20(19)23)28-24-15-16-25(29-17-6-1-7-18-29)22-13-5-4-12-21(22)24;27-26(21-13-12-19-8-2-3-9-20(19)18-21)28-24-14-15-25(29-16-6-1-7-17-29)23-11-5-4-10-22(23)24;26-25(22-13-7-9-18-8-1-2-10-19(18)22)27-23-14-15-24(28-16-5-6-17-28)21-12-4-3-11-20(21)23;26-25(20-12-11-18-7-1-2-8-19(18)17-20)27-23-13-14-24(28-15-5-6-16-28)22-10-4-3-9-21(22)23/h2-7,10-17,20H,1,8-9,18-19H2;2-5,8-16H,1,6-7,17-18H2;2-5,8-15,18H,1,6-7,16-17H2;1-4,7-15H,5-6,16-17H2;1-4,7-14,17H,5-6,15-16H2/q5*+1. The van der Waals surface area contributed by atoms with E-state index in [2.05, 4.69) is 127 Å². The van der Waals surface area contributed by atoms with Gasteiger partial charge in [-0.2, -0.15) is 0 Å². The van der Waals surface area contributed by atoms with Crippen LogP contribution in [-0.4, -0.2) is 87.4 Å². The summed E-state index contributed by atoms with van der Waals surface area (Å²) in [5, 5.41) is 23.4. The Hall–Kier alpha value is -14.4. The first-order chi connectivity index (χ1) is 72.5.